The number of rotatable bonds is 2. The van der Waals surface area contributed by atoms with Crippen LogP contribution in [0.15, 0.2) is 12.1 Å². The zero-order chi connectivity index (χ0) is 11.8. The second kappa shape index (κ2) is 4.13. The number of anilines is 2. The third-order valence-electron chi connectivity index (χ3n) is 3.24. The molecule has 1 aromatic carbocycles. The number of hydrogen-bond donors (Lipinski definition) is 2. The lowest BCUT2D eigenvalue weighted by Gasteiger charge is -2.27. The van der Waals surface area contributed by atoms with Crippen LogP contribution < -0.4 is 11.1 Å². The Morgan fingerprint density at radius 3 is 2.62 bits per heavy atom. The zero-order valence-electron chi connectivity index (χ0n) is 9.32. The number of hydrogen-bond acceptors (Lipinski definition) is 2. The molecule has 2 nitrogen and oxygen atoms in total. The van der Waals surface area contributed by atoms with E-state index in [1.165, 1.54) is 25.0 Å². The Bertz CT molecular complexity index is 400. The lowest BCUT2D eigenvalue weighted by atomic mass is 10.00. The zero-order valence-corrected chi connectivity index (χ0v) is 10.1. The molecule has 0 saturated heterocycles. The van der Waals surface area contributed by atoms with Gasteiger partial charge in [-0.3, -0.25) is 0 Å². The van der Waals surface area contributed by atoms with Crippen LogP contribution in [0.3, 0.4) is 0 Å². The van der Waals surface area contributed by atoms with E-state index in [0.29, 0.717) is 11.4 Å². The summed E-state index contributed by atoms with van der Waals surface area (Å²) in [5, 5.41) is 3.40. The minimum absolute atomic E-state index is 0.0361. The lowest BCUT2D eigenvalue weighted by molar-refractivity contribution is 0.532. The smallest absolute Gasteiger partial charge is 0.143 e. The Morgan fingerprint density at radius 1 is 1.38 bits per heavy atom. The lowest BCUT2D eigenvalue weighted by Crippen LogP contribution is -2.31. The Hall–Kier alpha value is -0.960. The van der Waals surface area contributed by atoms with Crippen molar-refractivity contribution >= 4 is 23.0 Å². The Kier molecular flexibility index (Phi) is 2.98. The van der Waals surface area contributed by atoms with Gasteiger partial charge in [-0.1, -0.05) is 24.4 Å². The molecule has 0 aromatic heterocycles. The molecule has 0 atom stereocenters. The van der Waals surface area contributed by atoms with Crippen LogP contribution in [0.2, 0.25) is 5.02 Å². The van der Waals surface area contributed by atoms with Gasteiger partial charge in [-0.05, 0) is 25.8 Å². The minimum Gasteiger partial charge on any atom is -0.397 e. The van der Waals surface area contributed by atoms with Crippen LogP contribution in [0.1, 0.15) is 32.6 Å². The van der Waals surface area contributed by atoms with E-state index in [1.54, 1.807) is 0 Å². The Labute approximate surface area is 100.0 Å². The van der Waals surface area contributed by atoms with Gasteiger partial charge in [0.05, 0.1) is 16.4 Å². The predicted molar refractivity (Wildman–Crippen MR) is 66.3 cm³/mol. The van der Waals surface area contributed by atoms with Gasteiger partial charge in [0.1, 0.15) is 5.82 Å². The van der Waals surface area contributed by atoms with E-state index < -0.39 is 5.82 Å². The molecule has 0 spiro atoms. The van der Waals surface area contributed by atoms with Gasteiger partial charge in [-0.15, -0.1) is 0 Å². The monoisotopic (exact) mass is 242 g/mol. The second-order valence-corrected chi connectivity index (χ2v) is 5.15. The second-order valence-electron chi connectivity index (χ2n) is 4.75. The first-order valence-corrected chi connectivity index (χ1v) is 5.91. The number of nitrogens with two attached hydrogens (primary N) is 1. The molecule has 1 aliphatic carbocycles. The summed E-state index contributed by atoms with van der Waals surface area (Å²) in [7, 11) is 0. The van der Waals surface area contributed by atoms with Crippen molar-refractivity contribution in [3.8, 4) is 0 Å². The molecule has 1 aliphatic rings. The molecule has 16 heavy (non-hydrogen) atoms. The van der Waals surface area contributed by atoms with Crippen LogP contribution in [0.5, 0.6) is 0 Å². The quantitative estimate of drug-likeness (QED) is 0.774. The van der Waals surface area contributed by atoms with E-state index in [0.717, 1.165) is 12.8 Å². The predicted octanol–water partition coefficient (Wildman–Crippen LogP) is 3.81. The van der Waals surface area contributed by atoms with Crippen LogP contribution in [-0.2, 0) is 0 Å². The van der Waals surface area contributed by atoms with Gasteiger partial charge < -0.3 is 11.1 Å². The molecule has 0 unspecified atom stereocenters. The maximum Gasteiger partial charge on any atom is 0.143 e. The molecule has 2 rings (SSSR count). The van der Waals surface area contributed by atoms with Gasteiger partial charge in [0.25, 0.3) is 0 Å². The van der Waals surface area contributed by atoms with E-state index in [4.69, 9.17) is 17.3 Å². The van der Waals surface area contributed by atoms with E-state index in [1.807, 2.05) is 0 Å². The third kappa shape index (κ3) is 2.24. The average molecular weight is 243 g/mol. The highest BCUT2D eigenvalue weighted by Crippen LogP contribution is 2.35. The maximum atomic E-state index is 13.3. The standard InChI is InChI=1S/C12H16ClFN2/c1-12(4-2-3-5-12)16-11-7-9(14)8(13)6-10(11)15/h6-7,16H,2-5,15H2,1H3. The van der Waals surface area contributed by atoms with Crippen molar-refractivity contribution in [3.05, 3.63) is 23.0 Å². The van der Waals surface area contributed by atoms with Crippen LogP contribution in [-0.4, -0.2) is 5.54 Å². The fraction of sp³-hybridized carbons (Fsp3) is 0.500. The van der Waals surface area contributed by atoms with Gasteiger partial charge in [0.15, 0.2) is 0 Å². The van der Waals surface area contributed by atoms with E-state index in [2.05, 4.69) is 12.2 Å². The van der Waals surface area contributed by atoms with Crippen molar-refractivity contribution in [1.29, 1.82) is 0 Å². The third-order valence-corrected chi connectivity index (χ3v) is 3.53. The summed E-state index contributed by atoms with van der Waals surface area (Å²) in [4.78, 5) is 0. The molecule has 0 aliphatic heterocycles. The summed E-state index contributed by atoms with van der Waals surface area (Å²) >= 11 is 5.65. The molecule has 1 aromatic rings. The highest BCUT2D eigenvalue weighted by molar-refractivity contribution is 6.31. The molecule has 1 saturated carbocycles. The van der Waals surface area contributed by atoms with E-state index in [9.17, 15) is 4.39 Å². The fourth-order valence-corrected chi connectivity index (χ4v) is 2.45. The number of halogens is 2. The van der Waals surface area contributed by atoms with Gasteiger partial charge >= 0.3 is 0 Å². The van der Waals surface area contributed by atoms with Crippen molar-refractivity contribution in [2.45, 2.75) is 38.1 Å². The molecule has 0 radical (unpaired) electrons. The summed E-state index contributed by atoms with van der Waals surface area (Å²) in [6.07, 6.45) is 4.60. The number of benzene rings is 1. The van der Waals surface area contributed by atoms with Gasteiger partial charge in [0.2, 0.25) is 0 Å². The highest BCUT2D eigenvalue weighted by Gasteiger charge is 2.28. The Morgan fingerprint density at radius 2 is 2.00 bits per heavy atom. The molecular weight excluding hydrogens is 227 g/mol. The highest BCUT2D eigenvalue weighted by atomic mass is 35.5. The van der Waals surface area contributed by atoms with Gasteiger partial charge in [-0.25, -0.2) is 4.39 Å². The van der Waals surface area contributed by atoms with Crippen molar-refractivity contribution < 1.29 is 4.39 Å². The van der Waals surface area contributed by atoms with Crippen molar-refractivity contribution in [2.75, 3.05) is 11.1 Å². The van der Waals surface area contributed by atoms with Crippen LogP contribution in [0.25, 0.3) is 0 Å². The summed E-state index contributed by atoms with van der Waals surface area (Å²) in [6, 6.07) is 2.83. The van der Waals surface area contributed by atoms with Crippen molar-refractivity contribution in [1.82, 2.24) is 0 Å². The summed E-state index contributed by atoms with van der Waals surface area (Å²) < 4.78 is 13.3. The molecule has 3 N–H and O–H groups in total. The summed E-state index contributed by atoms with van der Waals surface area (Å²) in [5.74, 6) is -0.431. The van der Waals surface area contributed by atoms with E-state index in [-0.39, 0.29) is 10.6 Å². The topological polar surface area (TPSA) is 38.0 Å². The van der Waals surface area contributed by atoms with Crippen molar-refractivity contribution in [3.63, 3.8) is 0 Å². The molecule has 4 heteroatoms. The number of nitrogens with one attached hydrogen (secondary N) is 1. The summed E-state index contributed by atoms with van der Waals surface area (Å²) in [5.41, 5.74) is 6.99. The molecular formula is C12H16ClFN2. The minimum atomic E-state index is -0.431. The Balaban J connectivity index is 2.24. The molecule has 1 fully saturated rings. The molecule has 0 bridgehead atoms. The molecule has 0 amide bonds. The van der Waals surface area contributed by atoms with E-state index >= 15 is 0 Å². The largest absolute Gasteiger partial charge is 0.397 e. The first-order chi connectivity index (χ1) is 7.50. The maximum absolute atomic E-state index is 13.3. The SMILES string of the molecule is CC1(Nc2cc(F)c(Cl)cc2N)CCCC1. The molecule has 88 valence electrons. The first kappa shape index (κ1) is 11.5. The first-order valence-electron chi connectivity index (χ1n) is 5.53. The van der Waals surface area contributed by atoms with Gasteiger partial charge in [0, 0.05) is 11.6 Å². The van der Waals surface area contributed by atoms with Crippen LogP contribution in [0, 0.1) is 5.82 Å². The number of nitrogen functional groups attached to an aromatic ring is 1. The average Bonchev–Trinajstić information content (AvgIpc) is 2.62. The van der Waals surface area contributed by atoms with Crippen LogP contribution in [0.4, 0.5) is 15.8 Å². The fourth-order valence-electron chi connectivity index (χ4n) is 2.28. The summed E-state index contributed by atoms with van der Waals surface area (Å²) in [6.45, 7) is 2.14. The van der Waals surface area contributed by atoms with Crippen LogP contribution >= 0.6 is 11.6 Å². The normalized spacial score (nSPS) is 18.7. The molecule has 0 heterocycles. The van der Waals surface area contributed by atoms with Gasteiger partial charge in [-0.2, -0.15) is 0 Å². The van der Waals surface area contributed by atoms with Crippen molar-refractivity contribution in [2.24, 2.45) is 0 Å².